The quantitative estimate of drug-likeness (QED) is 0.723. The molecule has 0 saturated heterocycles. The summed E-state index contributed by atoms with van der Waals surface area (Å²) in [7, 11) is 0. The van der Waals surface area contributed by atoms with E-state index in [9.17, 15) is 5.11 Å². The average Bonchev–Trinajstić information content (AvgIpc) is 2.14. The van der Waals surface area contributed by atoms with Crippen LogP contribution in [0.15, 0.2) is 23.8 Å². The van der Waals surface area contributed by atoms with E-state index in [0.717, 1.165) is 19.3 Å². The molecule has 1 rings (SSSR count). The highest BCUT2D eigenvalue weighted by molar-refractivity contribution is 5.18. The summed E-state index contributed by atoms with van der Waals surface area (Å²) in [6.07, 6.45) is 9.71. The van der Waals surface area contributed by atoms with Gasteiger partial charge in [-0.1, -0.05) is 51.5 Å². The van der Waals surface area contributed by atoms with Crippen LogP contribution in [-0.2, 0) is 0 Å². The van der Waals surface area contributed by atoms with Crippen molar-refractivity contribution in [3.63, 3.8) is 0 Å². The van der Waals surface area contributed by atoms with Crippen molar-refractivity contribution < 1.29 is 5.11 Å². The van der Waals surface area contributed by atoms with Gasteiger partial charge in [-0.15, -0.1) is 0 Å². The minimum atomic E-state index is -0.114. The summed E-state index contributed by atoms with van der Waals surface area (Å²) in [6, 6.07) is 0. The molecule has 3 unspecified atom stereocenters. The highest BCUT2D eigenvalue weighted by atomic mass is 16.3. The van der Waals surface area contributed by atoms with Gasteiger partial charge in [0, 0.05) is 0 Å². The molecule has 0 heterocycles. The molecule has 98 valence electrons. The predicted octanol–water partition coefficient (Wildman–Crippen LogP) is 4.33. The van der Waals surface area contributed by atoms with Crippen LogP contribution in [0.1, 0.15) is 53.9 Å². The molecule has 0 aliphatic heterocycles. The fraction of sp³-hybridized carbons (Fsp3) is 0.750. The summed E-state index contributed by atoms with van der Waals surface area (Å²) in [5.41, 5.74) is 1.56. The van der Waals surface area contributed by atoms with Crippen LogP contribution in [0.4, 0.5) is 0 Å². The van der Waals surface area contributed by atoms with Gasteiger partial charge in [-0.25, -0.2) is 0 Å². The van der Waals surface area contributed by atoms with E-state index in [4.69, 9.17) is 0 Å². The van der Waals surface area contributed by atoms with E-state index in [-0.39, 0.29) is 11.5 Å². The van der Waals surface area contributed by atoms with Crippen molar-refractivity contribution in [1.29, 1.82) is 0 Å². The van der Waals surface area contributed by atoms with Gasteiger partial charge in [0.25, 0.3) is 0 Å². The maximum absolute atomic E-state index is 9.86. The van der Waals surface area contributed by atoms with Crippen molar-refractivity contribution in [2.45, 2.75) is 60.0 Å². The second-order valence-electron chi connectivity index (χ2n) is 6.30. The van der Waals surface area contributed by atoms with Crippen LogP contribution in [-0.4, -0.2) is 11.2 Å². The number of hydrogen-bond acceptors (Lipinski definition) is 1. The molecule has 1 aliphatic carbocycles. The standard InChI is InChI=1S/C16H28O/c1-6-7-12(2)8-9-15-13(3)10-14(17)11-16(15,4)5/h7-9,13-15,17H,6,10-11H2,1-5H3/b9-8+,12-7+. The van der Waals surface area contributed by atoms with Gasteiger partial charge in [0.15, 0.2) is 0 Å². The highest BCUT2D eigenvalue weighted by Crippen LogP contribution is 2.44. The fourth-order valence-corrected chi connectivity index (χ4v) is 3.27. The van der Waals surface area contributed by atoms with Crippen LogP contribution in [0.5, 0.6) is 0 Å². The summed E-state index contributed by atoms with van der Waals surface area (Å²) < 4.78 is 0. The van der Waals surface area contributed by atoms with E-state index in [1.165, 1.54) is 5.57 Å². The number of aliphatic hydroxyl groups is 1. The van der Waals surface area contributed by atoms with Gasteiger partial charge < -0.3 is 5.11 Å². The largest absolute Gasteiger partial charge is 0.393 e. The van der Waals surface area contributed by atoms with Gasteiger partial charge in [0.1, 0.15) is 0 Å². The van der Waals surface area contributed by atoms with Crippen LogP contribution in [0, 0.1) is 17.3 Å². The molecule has 1 N–H and O–H groups in total. The first kappa shape index (κ1) is 14.5. The lowest BCUT2D eigenvalue weighted by atomic mass is 9.63. The van der Waals surface area contributed by atoms with E-state index in [1.807, 2.05) is 0 Å². The molecule has 1 saturated carbocycles. The third-order valence-electron chi connectivity index (χ3n) is 4.01. The van der Waals surface area contributed by atoms with Gasteiger partial charge in [-0.3, -0.25) is 0 Å². The zero-order valence-electron chi connectivity index (χ0n) is 12.0. The highest BCUT2D eigenvalue weighted by Gasteiger charge is 2.38. The number of allylic oxidation sites excluding steroid dienone is 4. The van der Waals surface area contributed by atoms with Crippen molar-refractivity contribution in [2.24, 2.45) is 17.3 Å². The smallest absolute Gasteiger partial charge is 0.0548 e. The van der Waals surface area contributed by atoms with E-state index >= 15 is 0 Å². The average molecular weight is 236 g/mol. The summed E-state index contributed by atoms with van der Waals surface area (Å²) in [4.78, 5) is 0. The molecule has 1 heteroatoms. The van der Waals surface area contributed by atoms with Crippen molar-refractivity contribution in [3.8, 4) is 0 Å². The van der Waals surface area contributed by atoms with E-state index in [1.54, 1.807) is 0 Å². The van der Waals surface area contributed by atoms with Gasteiger partial charge in [0.05, 0.1) is 6.10 Å². The maximum Gasteiger partial charge on any atom is 0.0548 e. The van der Waals surface area contributed by atoms with E-state index in [0.29, 0.717) is 11.8 Å². The third-order valence-corrected chi connectivity index (χ3v) is 4.01. The van der Waals surface area contributed by atoms with Crippen LogP contribution in [0.25, 0.3) is 0 Å². The molecule has 1 nitrogen and oxygen atoms in total. The Balaban J connectivity index is 2.77. The fourth-order valence-electron chi connectivity index (χ4n) is 3.27. The van der Waals surface area contributed by atoms with Crippen molar-refractivity contribution >= 4 is 0 Å². The van der Waals surface area contributed by atoms with Gasteiger partial charge in [0.2, 0.25) is 0 Å². The number of hydrogen-bond donors (Lipinski definition) is 1. The minimum absolute atomic E-state index is 0.114. The minimum Gasteiger partial charge on any atom is -0.393 e. The molecule has 0 radical (unpaired) electrons. The van der Waals surface area contributed by atoms with Crippen LogP contribution in [0.3, 0.4) is 0 Å². The molecule has 0 aromatic rings. The van der Waals surface area contributed by atoms with Crippen LogP contribution in [0.2, 0.25) is 0 Å². The van der Waals surface area contributed by atoms with Crippen molar-refractivity contribution in [1.82, 2.24) is 0 Å². The molecular weight excluding hydrogens is 208 g/mol. The van der Waals surface area contributed by atoms with E-state index < -0.39 is 0 Å². The lowest BCUT2D eigenvalue weighted by molar-refractivity contribution is 0.00772. The molecule has 0 bridgehead atoms. The Bertz CT molecular complexity index is 299. The van der Waals surface area contributed by atoms with Gasteiger partial charge in [-0.05, 0) is 43.4 Å². The monoisotopic (exact) mass is 236 g/mol. The molecular formula is C16H28O. The summed E-state index contributed by atoms with van der Waals surface area (Å²) in [5.74, 6) is 1.14. The molecule has 0 spiro atoms. The maximum atomic E-state index is 9.86. The summed E-state index contributed by atoms with van der Waals surface area (Å²) in [5, 5.41) is 9.86. The normalized spacial score (nSPS) is 34.2. The SMILES string of the molecule is CC/C=C(C)/C=C/C1C(C)CC(O)CC1(C)C. The number of rotatable bonds is 3. The molecule has 1 fully saturated rings. The first-order valence-electron chi connectivity index (χ1n) is 6.90. The van der Waals surface area contributed by atoms with Gasteiger partial charge >= 0.3 is 0 Å². The zero-order chi connectivity index (χ0) is 13.1. The zero-order valence-corrected chi connectivity index (χ0v) is 12.0. The molecule has 0 amide bonds. The van der Waals surface area contributed by atoms with Crippen LogP contribution >= 0.6 is 0 Å². The Kier molecular flexibility index (Phi) is 5.00. The molecule has 1 aliphatic rings. The molecule has 0 aromatic carbocycles. The summed E-state index contributed by atoms with van der Waals surface area (Å²) in [6.45, 7) is 11.1. The Morgan fingerprint density at radius 1 is 1.41 bits per heavy atom. The first-order chi connectivity index (χ1) is 7.86. The van der Waals surface area contributed by atoms with Gasteiger partial charge in [-0.2, -0.15) is 0 Å². The Labute approximate surface area is 107 Å². The second kappa shape index (κ2) is 5.86. The topological polar surface area (TPSA) is 20.2 Å². The number of aliphatic hydroxyl groups excluding tert-OH is 1. The molecule has 0 aromatic heterocycles. The van der Waals surface area contributed by atoms with Crippen molar-refractivity contribution in [2.75, 3.05) is 0 Å². The summed E-state index contributed by atoms with van der Waals surface area (Å²) >= 11 is 0. The lowest BCUT2D eigenvalue weighted by Crippen LogP contribution is -2.38. The van der Waals surface area contributed by atoms with Crippen LogP contribution < -0.4 is 0 Å². The van der Waals surface area contributed by atoms with Crippen molar-refractivity contribution in [3.05, 3.63) is 23.8 Å². The third kappa shape index (κ3) is 3.99. The molecule has 3 atom stereocenters. The Morgan fingerprint density at radius 2 is 2.06 bits per heavy atom. The Hall–Kier alpha value is -0.560. The lowest BCUT2D eigenvalue weighted by Gasteiger charge is -2.43. The predicted molar refractivity (Wildman–Crippen MR) is 74.9 cm³/mol. The first-order valence-corrected chi connectivity index (χ1v) is 6.90. The van der Waals surface area contributed by atoms with E-state index in [2.05, 4.69) is 52.8 Å². The molecule has 17 heavy (non-hydrogen) atoms. The Morgan fingerprint density at radius 3 is 2.59 bits per heavy atom. The second-order valence-corrected chi connectivity index (χ2v) is 6.30.